The Labute approximate surface area is 172 Å². The molecule has 160 valence electrons. The van der Waals surface area contributed by atoms with Crippen LogP contribution in [0, 0.1) is 23.0 Å². The lowest BCUT2D eigenvalue weighted by atomic mass is 10.0. The SMILES string of the molecule is N#Cc1ccc(-c2[nH]c3c(F)cc(F)cc3c2C=CC(=O)N[C@@H](CO)C(F)(F)F)cc1. The van der Waals surface area contributed by atoms with E-state index in [1.54, 1.807) is 17.4 Å². The molecule has 0 saturated heterocycles. The van der Waals surface area contributed by atoms with Crippen LogP contribution in [0.5, 0.6) is 0 Å². The molecule has 1 aromatic heterocycles. The second-order valence-corrected chi connectivity index (χ2v) is 6.53. The fraction of sp³-hybridized carbons (Fsp3) is 0.143. The van der Waals surface area contributed by atoms with Crippen LogP contribution in [-0.4, -0.2) is 34.8 Å². The Morgan fingerprint density at radius 2 is 1.90 bits per heavy atom. The predicted octanol–water partition coefficient (Wildman–Crippen LogP) is 4.04. The molecule has 1 heterocycles. The van der Waals surface area contributed by atoms with Crippen molar-refractivity contribution in [3.63, 3.8) is 0 Å². The number of hydrogen-bond donors (Lipinski definition) is 3. The van der Waals surface area contributed by atoms with Crippen molar-refractivity contribution in [2.45, 2.75) is 12.2 Å². The third kappa shape index (κ3) is 4.73. The molecule has 0 aliphatic carbocycles. The number of rotatable bonds is 5. The number of aliphatic hydroxyl groups is 1. The van der Waals surface area contributed by atoms with Gasteiger partial charge in [-0.15, -0.1) is 0 Å². The number of aromatic amines is 1. The van der Waals surface area contributed by atoms with Gasteiger partial charge in [0.15, 0.2) is 0 Å². The third-order valence-corrected chi connectivity index (χ3v) is 4.46. The first-order valence-corrected chi connectivity index (χ1v) is 8.81. The van der Waals surface area contributed by atoms with Gasteiger partial charge in [0, 0.05) is 23.1 Å². The number of hydrogen-bond acceptors (Lipinski definition) is 3. The molecule has 31 heavy (non-hydrogen) atoms. The van der Waals surface area contributed by atoms with Crippen LogP contribution < -0.4 is 5.32 Å². The Hall–Kier alpha value is -3.71. The summed E-state index contributed by atoms with van der Waals surface area (Å²) < 4.78 is 66.2. The highest BCUT2D eigenvalue weighted by molar-refractivity contribution is 6.01. The minimum atomic E-state index is -4.85. The maximum atomic E-state index is 14.3. The first kappa shape index (κ1) is 22.0. The summed E-state index contributed by atoms with van der Waals surface area (Å²) in [4.78, 5) is 14.7. The van der Waals surface area contributed by atoms with E-state index in [0.29, 0.717) is 17.2 Å². The fourth-order valence-electron chi connectivity index (χ4n) is 2.96. The van der Waals surface area contributed by atoms with Crippen LogP contribution >= 0.6 is 0 Å². The lowest BCUT2D eigenvalue weighted by Gasteiger charge is -2.18. The van der Waals surface area contributed by atoms with Gasteiger partial charge in [0.1, 0.15) is 17.7 Å². The molecule has 0 radical (unpaired) electrons. The quantitative estimate of drug-likeness (QED) is 0.418. The van der Waals surface area contributed by atoms with E-state index in [-0.39, 0.29) is 22.2 Å². The van der Waals surface area contributed by atoms with Crippen molar-refractivity contribution in [1.82, 2.24) is 10.3 Å². The molecule has 0 fully saturated rings. The molecule has 0 saturated carbocycles. The first-order chi connectivity index (χ1) is 14.6. The summed E-state index contributed by atoms with van der Waals surface area (Å²) in [6.07, 6.45) is -2.96. The Kier molecular flexibility index (Phi) is 6.08. The third-order valence-electron chi connectivity index (χ3n) is 4.46. The molecule has 5 nitrogen and oxygen atoms in total. The molecule has 0 bridgehead atoms. The van der Waals surface area contributed by atoms with E-state index in [0.717, 1.165) is 18.2 Å². The number of benzene rings is 2. The van der Waals surface area contributed by atoms with Crippen LogP contribution in [0.15, 0.2) is 42.5 Å². The molecule has 10 heteroatoms. The molecule has 2 aromatic carbocycles. The maximum Gasteiger partial charge on any atom is 0.410 e. The van der Waals surface area contributed by atoms with E-state index < -0.39 is 36.4 Å². The molecule has 0 spiro atoms. The molecule has 3 rings (SSSR count). The fourth-order valence-corrected chi connectivity index (χ4v) is 2.96. The minimum absolute atomic E-state index is 0.0652. The van der Waals surface area contributed by atoms with Gasteiger partial charge in [0.25, 0.3) is 0 Å². The van der Waals surface area contributed by atoms with Crippen molar-refractivity contribution in [2.24, 2.45) is 0 Å². The number of aromatic nitrogens is 1. The number of nitrogens with one attached hydrogen (secondary N) is 2. The van der Waals surface area contributed by atoms with E-state index in [9.17, 15) is 26.7 Å². The summed E-state index contributed by atoms with van der Waals surface area (Å²) in [7, 11) is 0. The van der Waals surface area contributed by atoms with Gasteiger partial charge in [0.05, 0.1) is 29.5 Å². The zero-order valence-electron chi connectivity index (χ0n) is 15.6. The van der Waals surface area contributed by atoms with Gasteiger partial charge in [-0.05, 0) is 29.8 Å². The molecular weight excluding hydrogens is 421 g/mol. The minimum Gasteiger partial charge on any atom is -0.394 e. The van der Waals surface area contributed by atoms with Gasteiger partial charge in [-0.3, -0.25) is 4.79 Å². The molecule has 1 amide bonds. The molecule has 0 aliphatic rings. The van der Waals surface area contributed by atoms with E-state index in [1.165, 1.54) is 12.1 Å². The molecule has 3 N–H and O–H groups in total. The van der Waals surface area contributed by atoms with E-state index >= 15 is 0 Å². The average Bonchev–Trinajstić information content (AvgIpc) is 3.08. The van der Waals surface area contributed by atoms with Crippen LogP contribution in [0.3, 0.4) is 0 Å². The number of carbonyl (C=O) groups excluding carboxylic acids is 1. The number of amides is 1. The zero-order chi connectivity index (χ0) is 22.8. The van der Waals surface area contributed by atoms with Crippen molar-refractivity contribution in [3.8, 4) is 17.3 Å². The van der Waals surface area contributed by atoms with Gasteiger partial charge in [-0.25, -0.2) is 8.78 Å². The topological polar surface area (TPSA) is 88.9 Å². The summed E-state index contributed by atoms with van der Waals surface area (Å²) in [5.41, 5.74) is 1.18. The summed E-state index contributed by atoms with van der Waals surface area (Å²) in [6, 6.07) is 7.24. The lowest BCUT2D eigenvalue weighted by molar-refractivity contribution is -0.167. The summed E-state index contributed by atoms with van der Waals surface area (Å²) in [5, 5.41) is 19.4. The molecule has 0 unspecified atom stereocenters. The van der Waals surface area contributed by atoms with E-state index in [1.807, 2.05) is 6.07 Å². The predicted molar refractivity (Wildman–Crippen MR) is 102 cm³/mol. The Morgan fingerprint density at radius 1 is 1.23 bits per heavy atom. The smallest absolute Gasteiger partial charge is 0.394 e. The van der Waals surface area contributed by atoms with Gasteiger partial charge in [0.2, 0.25) is 5.91 Å². The number of alkyl halides is 3. The van der Waals surface area contributed by atoms with Gasteiger partial charge >= 0.3 is 6.18 Å². The van der Waals surface area contributed by atoms with E-state index in [2.05, 4.69) is 4.98 Å². The largest absolute Gasteiger partial charge is 0.410 e. The molecule has 1 atom stereocenters. The summed E-state index contributed by atoms with van der Waals surface area (Å²) >= 11 is 0. The summed E-state index contributed by atoms with van der Waals surface area (Å²) in [6.45, 7) is -1.34. The van der Waals surface area contributed by atoms with Crippen molar-refractivity contribution < 1.29 is 31.9 Å². The van der Waals surface area contributed by atoms with Crippen molar-refractivity contribution in [3.05, 3.63) is 65.2 Å². The number of aliphatic hydroxyl groups excluding tert-OH is 1. The van der Waals surface area contributed by atoms with Crippen LogP contribution in [-0.2, 0) is 4.79 Å². The van der Waals surface area contributed by atoms with Crippen LogP contribution in [0.25, 0.3) is 28.2 Å². The number of nitriles is 1. The Balaban J connectivity index is 2.06. The highest BCUT2D eigenvalue weighted by Crippen LogP contribution is 2.33. The van der Waals surface area contributed by atoms with Crippen LogP contribution in [0.4, 0.5) is 22.0 Å². The monoisotopic (exact) mass is 435 g/mol. The number of carbonyl (C=O) groups is 1. The number of halogens is 5. The van der Waals surface area contributed by atoms with Gasteiger partial charge < -0.3 is 15.4 Å². The van der Waals surface area contributed by atoms with Crippen LogP contribution in [0.2, 0.25) is 0 Å². The number of nitrogens with zero attached hydrogens (tertiary/aromatic N) is 1. The van der Waals surface area contributed by atoms with Gasteiger partial charge in [-0.1, -0.05) is 12.1 Å². The molecule has 0 aliphatic heterocycles. The second kappa shape index (κ2) is 8.57. The molecular formula is C21H14F5N3O2. The number of H-pyrrole nitrogens is 1. The van der Waals surface area contributed by atoms with E-state index in [4.69, 9.17) is 10.4 Å². The summed E-state index contributed by atoms with van der Waals surface area (Å²) in [5.74, 6) is -2.94. The average molecular weight is 435 g/mol. The zero-order valence-corrected chi connectivity index (χ0v) is 15.6. The Morgan fingerprint density at radius 3 is 2.48 bits per heavy atom. The Bertz CT molecular complexity index is 1190. The first-order valence-electron chi connectivity index (χ1n) is 8.81. The highest BCUT2D eigenvalue weighted by Gasteiger charge is 2.39. The normalized spacial score (nSPS) is 12.8. The van der Waals surface area contributed by atoms with Crippen LogP contribution in [0.1, 0.15) is 11.1 Å². The van der Waals surface area contributed by atoms with Crippen molar-refractivity contribution >= 4 is 22.9 Å². The maximum absolute atomic E-state index is 14.3. The number of fused-ring (bicyclic) bond motifs is 1. The lowest BCUT2D eigenvalue weighted by Crippen LogP contribution is -2.47. The second-order valence-electron chi connectivity index (χ2n) is 6.53. The van der Waals surface area contributed by atoms with Gasteiger partial charge in [-0.2, -0.15) is 18.4 Å². The van der Waals surface area contributed by atoms with Crippen molar-refractivity contribution in [1.29, 1.82) is 5.26 Å². The van der Waals surface area contributed by atoms with Crippen molar-refractivity contribution in [2.75, 3.05) is 6.61 Å². The molecule has 3 aromatic rings. The standard InChI is InChI=1S/C21H14F5N3O2/c22-13-7-15-14(5-6-18(31)28-17(10-30)21(24,25)26)19(29-20(15)16(23)8-13)12-3-1-11(9-27)2-4-12/h1-8,17,29-30H,10H2,(H,28,31)/t17-/m0/s1. The highest BCUT2D eigenvalue weighted by atomic mass is 19.4.